The van der Waals surface area contributed by atoms with Crippen molar-refractivity contribution in [2.24, 2.45) is 0 Å². The SMILES string of the molecule is Clc1cccc(CNSN2CCc3c([nH]c4ccc(Cl)cc34)C2)c1. The van der Waals surface area contributed by atoms with Gasteiger partial charge < -0.3 is 4.98 Å². The van der Waals surface area contributed by atoms with Crippen LogP contribution in [0.15, 0.2) is 42.5 Å². The summed E-state index contributed by atoms with van der Waals surface area (Å²) in [6.45, 7) is 2.70. The molecule has 0 saturated heterocycles. The summed E-state index contributed by atoms with van der Waals surface area (Å²) in [4.78, 5) is 3.53. The molecule has 3 aromatic rings. The predicted molar refractivity (Wildman–Crippen MR) is 103 cm³/mol. The lowest BCUT2D eigenvalue weighted by Gasteiger charge is -2.25. The maximum absolute atomic E-state index is 6.14. The van der Waals surface area contributed by atoms with Crippen molar-refractivity contribution in [2.45, 2.75) is 19.5 Å². The minimum absolute atomic E-state index is 0.777. The largest absolute Gasteiger partial charge is 0.357 e. The maximum atomic E-state index is 6.14. The zero-order chi connectivity index (χ0) is 16.5. The first-order chi connectivity index (χ1) is 11.7. The van der Waals surface area contributed by atoms with E-state index < -0.39 is 0 Å². The average Bonchev–Trinajstić information content (AvgIpc) is 2.92. The number of H-pyrrole nitrogens is 1. The van der Waals surface area contributed by atoms with Gasteiger partial charge in [0.25, 0.3) is 0 Å². The number of aromatic nitrogens is 1. The lowest BCUT2D eigenvalue weighted by atomic mass is 10.0. The van der Waals surface area contributed by atoms with Crippen LogP contribution in [0.4, 0.5) is 0 Å². The molecule has 0 fully saturated rings. The fourth-order valence-corrected chi connectivity index (χ4v) is 4.29. The Balaban J connectivity index is 1.40. The van der Waals surface area contributed by atoms with Crippen LogP contribution in [-0.4, -0.2) is 15.8 Å². The van der Waals surface area contributed by atoms with Crippen LogP contribution >= 0.6 is 35.3 Å². The number of halogens is 2. The first-order valence-corrected chi connectivity index (χ1v) is 9.40. The molecule has 24 heavy (non-hydrogen) atoms. The molecule has 3 nitrogen and oxygen atoms in total. The van der Waals surface area contributed by atoms with E-state index in [2.05, 4.69) is 32.2 Å². The smallest absolute Gasteiger partial charge is 0.0507 e. The Morgan fingerprint density at radius 3 is 2.88 bits per heavy atom. The van der Waals surface area contributed by atoms with Crippen LogP contribution in [-0.2, 0) is 19.5 Å². The number of hydrogen-bond donors (Lipinski definition) is 2. The molecule has 1 aromatic heterocycles. The van der Waals surface area contributed by atoms with Gasteiger partial charge in [-0.25, -0.2) is 9.03 Å². The molecule has 0 amide bonds. The first-order valence-electron chi connectivity index (χ1n) is 7.87. The van der Waals surface area contributed by atoms with Crippen LogP contribution in [0.25, 0.3) is 10.9 Å². The summed E-state index contributed by atoms with van der Waals surface area (Å²) in [7, 11) is 0. The molecule has 2 aromatic carbocycles. The van der Waals surface area contributed by atoms with Gasteiger partial charge in [0.15, 0.2) is 0 Å². The minimum atomic E-state index is 0.777. The van der Waals surface area contributed by atoms with E-state index in [0.29, 0.717) is 0 Å². The van der Waals surface area contributed by atoms with E-state index in [4.69, 9.17) is 23.2 Å². The van der Waals surface area contributed by atoms with Gasteiger partial charge in [-0.3, -0.25) is 0 Å². The van der Waals surface area contributed by atoms with Crippen molar-refractivity contribution in [2.75, 3.05) is 6.54 Å². The van der Waals surface area contributed by atoms with Crippen LogP contribution in [0.1, 0.15) is 16.8 Å². The summed E-state index contributed by atoms with van der Waals surface area (Å²) >= 11 is 13.8. The zero-order valence-electron chi connectivity index (χ0n) is 13.0. The first kappa shape index (κ1) is 16.3. The van der Waals surface area contributed by atoms with Crippen LogP contribution in [0, 0.1) is 0 Å². The normalized spacial score (nSPS) is 14.9. The molecule has 0 radical (unpaired) electrons. The number of benzene rings is 2. The molecule has 0 saturated carbocycles. The van der Waals surface area contributed by atoms with Crippen molar-refractivity contribution in [3.05, 3.63) is 69.3 Å². The second-order valence-electron chi connectivity index (χ2n) is 5.93. The lowest BCUT2D eigenvalue weighted by Crippen LogP contribution is -2.27. The van der Waals surface area contributed by atoms with Gasteiger partial charge in [0.1, 0.15) is 0 Å². The Kier molecular flexibility index (Phi) is 4.74. The van der Waals surface area contributed by atoms with E-state index in [9.17, 15) is 0 Å². The number of nitrogens with one attached hydrogen (secondary N) is 2. The highest BCUT2D eigenvalue weighted by Crippen LogP contribution is 2.31. The number of fused-ring (bicyclic) bond motifs is 3. The van der Waals surface area contributed by atoms with Crippen molar-refractivity contribution >= 4 is 46.2 Å². The highest BCUT2D eigenvalue weighted by Gasteiger charge is 2.21. The van der Waals surface area contributed by atoms with Crippen LogP contribution in [0.5, 0.6) is 0 Å². The summed E-state index contributed by atoms with van der Waals surface area (Å²) in [6, 6.07) is 14.0. The van der Waals surface area contributed by atoms with Crippen molar-refractivity contribution in [1.82, 2.24) is 14.0 Å². The van der Waals surface area contributed by atoms with Gasteiger partial charge >= 0.3 is 0 Å². The van der Waals surface area contributed by atoms with Gasteiger partial charge in [-0.15, -0.1) is 0 Å². The van der Waals surface area contributed by atoms with Gasteiger partial charge in [-0.1, -0.05) is 35.3 Å². The summed E-state index contributed by atoms with van der Waals surface area (Å²) < 4.78 is 5.76. The average molecular weight is 378 g/mol. The van der Waals surface area contributed by atoms with Crippen LogP contribution in [0.3, 0.4) is 0 Å². The second-order valence-corrected chi connectivity index (χ2v) is 7.79. The summed E-state index contributed by atoms with van der Waals surface area (Å²) in [5.74, 6) is 0. The van der Waals surface area contributed by atoms with Gasteiger partial charge in [-0.2, -0.15) is 0 Å². The third-order valence-corrected chi connectivity index (χ3v) is 5.57. The molecule has 0 bridgehead atoms. The number of hydrogen-bond acceptors (Lipinski definition) is 3. The molecule has 0 atom stereocenters. The molecule has 1 aliphatic rings. The second kappa shape index (κ2) is 6.98. The van der Waals surface area contributed by atoms with E-state index in [-0.39, 0.29) is 0 Å². The van der Waals surface area contributed by atoms with Crippen molar-refractivity contribution < 1.29 is 0 Å². The molecule has 0 spiro atoms. The standard InChI is InChI=1S/C18H17Cl2N3S/c19-13-3-1-2-12(8-13)10-21-24-23-7-6-15-16-9-14(20)4-5-17(16)22-18(15)11-23/h1-5,8-9,21-22H,6-7,10-11H2. The molecule has 0 aliphatic carbocycles. The summed E-state index contributed by atoms with van der Waals surface area (Å²) in [5, 5.41) is 2.83. The van der Waals surface area contributed by atoms with E-state index in [0.717, 1.165) is 36.1 Å². The summed E-state index contributed by atoms with van der Waals surface area (Å²) in [6.07, 6.45) is 1.03. The quantitative estimate of drug-likeness (QED) is 0.613. The molecule has 2 N–H and O–H groups in total. The van der Waals surface area contributed by atoms with E-state index >= 15 is 0 Å². The fourth-order valence-electron chi connectivity index (χ4n) is 3.12. The molecular weight excluding hydrogens is 361 g/mol. The van der Waals surface area contributed by atoms with Gasteiger partial charge in [-0.05, 0) is 47.9 Å². The lowest BCUT2D eigenvalue weighted by molar-refractivity contribution is 0.437. The molecule has 1 aliphatic heterocycles. The van der Waals surface area contributed by atoms with E-state index in [1.54, 1.807) is 12.1 Å². The molecule has 2 heterocycles. The molecule has 6 heteroatoms. The third kappa shape index (κ3) is 3.44. The zero-order valence-corrected chi connectivity index (χ0v) is 15.3. The Labute approximate surface area is 155 Å². The van der Waals surface area contributed by atoms with Crippen LogP contribution in [0.2, 0.25) is 10.0 Å². The topological polar surface area (TPSA) is 31.1 Å². The summed E-state index contributed by atoms with van der Waals surface area (Å²) in [5.41, 5.74) is 5.05. The van der Waals surface area contributed by atoms with Crippen LogP contribution < -0.4 is 4.72 Å². The fraction of sp³-hybridized carbons (Fsp3) is 0.222. The maximum Gasteiger partial charge on any atom is 0.0507 e. The third-order valence-electron chi connectivity index (χ3n) is 4.26. The van der Waals surface area contributed by atoms with Gasteiger partial charge in [0.2, 0.25) is 0 Å². The number of aromatic amines is 1. The minimum Gasteiger partial charge on any atom is -0.357 e. The van der Waals surface area contributed by atoms with Gasteiger partial charge in [0.05, 0.1) is 6.54 Å². The number of nitrogens with zero attached hydrogens (tertiary/aromatic N) is 1. The van der Waals surface area contributed by atoms with Crippen molar-refractivity contribution in [1.29, 1.82) is 0 Å². The molecule has 124 valence electrons. The molecular formula is C18H17Cl2N3S. The van der Waals surface area contributed by atoms with E-state index in [1.165, 1.54) is 27.7 Å². The molecule has 4 rings (SSSR count). The van der Waals surface area contributed by atoms with Gasteiger partial charge in [0, 0.05) is 51.9 Å². The monoisotopic (exact) mass is 377 g/mol. The highest BCUT2D eigenvalue weighted by atomic mass is 35.5. The van der Waals surface area contributed by atoms with Crippen molar-refractivity contribution in [3.63, 3.8) is 0 Å². The Bertz CT molecular complexity index is 878. The van der Waals surface area contributed by atoms with Crippen molar-refractivity contribution in [3.8, 4) is 0 Å². The number of rotatable bonds is 4. The Morgan fingerprint density at radius 2 is 2.00 bits per heavy atom. The van der Waals surface area contributed by atoms with E-state index in [1.807, 2.05) is 24.3 Å². The Hall–Kier alpha value is -1.17. The molecule has 0 unspecified atom stereocenters. The predicted octanol–water partition coefficient (Wildman–Crippen LogP) is 5.19. The Morgan fingerprint density at radius 1 is 1.12 bits per heavy atom. The highest BCUT2D eigenvalue weighted by molar-refractivity contribution is 7.95.